The van der Waals surface area contributed by atoms with Crippen LogP contribution in [0.4, 0.5) is 0 Å². The monoisotopic (exact) mass is 356 g/mol. The average molecular weight is 356 g/mol. The third-order valence-corrected chi connectivity index (χ3v) is 5.82. The molecule has 0 fully saturated rings. The lowest BCUT2D eigenvalue weighted by atomic mass is 9.87. The molecule has 0 saturated heterocycles. The van der Waals surface area contributed by atoms with Crippen molar-refractivity contribution in [3.05, 3.63) is 59.7 Å². The zero-order chi connectivity index (χ0) is 18.4. The van der Waals surface area contributed by atoms with E-state index in [1.54, 1.807) is 0 Å². The van der Waals surface area contributed by atoms with Gasteiger partial charge >= 0.3 is 0 Å². The Labute approximate surface area is 156 Å². The summed E-state index contributed by atoms with van der Waals surface area (Å²) in [5, 5.41) is 0. The van der Waals surface area contributed by atoms with Gasteiger partial charge in [0.2, 0.25) is 0 Å². The van der Waals surface area contributed by atoms with Crippen molar-refractivity contribution in [3.8, 4) is 11.5 Å². The molecule has 2 aromatic carbocycles. The van der Waals surface area contributed by atoms with Crippen molar-refractivity contribution < 1.29 is 4.74 Å². The maximum absolute atomic E-state index is 6.05. The van der Waals surface area contributed by atoms with Crippen LogP contribution in [0.1, 0.15) is 58.6 Å². The van der Waals surface area contributed by atoms with Crippen LogP contribution in [0.3, 0.4) is 0 Å². The lowest BCUT2D eigenvalue weighted by Gasteiger charge is -2.19. The first-order valence-corrected chi connectivity index (χ1v) is 10.1. The second kappa shape index (κ2) is 8.86. The van der Waals surface area contributed by atoms with E-state index in [1.807, 2.05) is 6.07 Å². The summed E-state index contributed by atoms with van der Waals surface area (Å²) >= 11 is 0. The second-order valence-electron chi connectivity index (χ2n) is 8.32. The minimum absolute atomic E-state index is 0.170. The molecule has 0 radical (unpaired) electrons. The van der Waals surface area contributed by atoms with E-state index < -0.39 is 0 Å². The molecule has 2 aromatic rings. The van der Waals surface area contributed by atoms with Crippen molar-refractivity contribution in [2.45, 2.75) is 65.0 Å². The smallest absolute Gasteiger partial charge is 0.127 e. The highest BCUT2D eigenvalue weighted by molar-refractivity contribution is 7.17. The van der Waals surface area contributed by atoms with Gasteiger partial charge in [-0.2, -0.15) is 0 Å². The Morgan fingerprint density at radius 2 is 1.64 bits per heavy atom. The summed E-state index contributed by atoms with van der Waals surface area (Å²) in [4.78, 5) is 0. The largest absolute Gasteiger partial charge is 0.457 e. The molecule has 0 bridgehead atoms. The molecular weight excluding hydrogens is 323 g/mol. The minimum Gasteiger partial charge on any atom is -0.457 e. The minimum atomic E-state index is 0.170. The van der Waals surface area contributed by atoms with Gasteiger partial charge in [0.05, 0.1) is 0 Å². The first-order valence-electron chi connectivity index (χ1n) is 9.38. The highest BCUT2D eigenvalue weighted by Gasteiger charge is 2.13. The third-order valence-electron chi connectivity index (χ3n) is 4.71. The second-order valence-corrected chi connectivity index (χ2v) is 9.18. The summed E-state index contributed by atoms with van der Waals surface area (Å²) < 4.78 is 6.05. The molecule has 2 rings (SSSR count). The Hall–Kier alpha value is -1.33. The van der Waals surface area contributed by atoms with Gasteiger partial charge in [0.1, 0.15) is 11.5 Å². The van der Waals surface area contributed by atoms with Gasteiger partial charge in [0, 0.05) is 0 Å². The predicted molar refractivity (Wildman–Crippen MR) is 113 cm³/mol. The highest BCUT2D eigenvalue weighted by atomic mass is 31.0. The van der Waals surface area contributed by atoms with Gasteiger partial charge in [0.15, 0.2) is 0 Å². The van der Waals surface area contributed by atoms with E-state index in [2.05, 4.69) is 86.3 Å². The van der Waals surface area contributed by atoms with Gasteiger partial charge in [-0.05, 0) is 71.6 Å². The molecule has 0 aliphatic rings. The maximum Gasteiger partial charge on any atom is 0.127 e. The van der Waals surface area contributed by atoms with Gasteiger partial charge < -0.3 is 4.74 Å². The van der Waals surface area contributed by atoms with Crippen LogP contribution in [-0.2, 0) is 11.8 Å². The van der Waals surface area contributed by atoms with Crippen molar-refractivity contribution in [2.24, 2.45) is 5.92 Å². The summed E-state index contributed by atoms with van der Waals surface area (Å²) in [5.74, 6) is 2.55. The summed E-state index contributed by atoms with van der Waals surface area (Å²) in [6, 6.07) is 16.9. The zero-order valence-corrected chi connectivity index (χ0v) is 17.5. The normalized spacial score (nSPS) is 13.1. The molecule has 2 heteroatoms. The molecule has 136 valence electrons. The van der Waals surface area contributed by atoms with Gasteiger partial charge in [-0.1, -0.05) is 58.9 Å². The number of aryl methyl sites for hydroxylation is 1. The fraction of sp³-hybridized carbons (Fsp3) is 0.478. The molecule has 0 aliphatic heterocycles. The van der Waals surface area contributed by atoms with Crippen LogP contribution in [0.2, 0.25) is 0 Å². The molecule has 0 amide bonds. The number of benzene rings is 2. The fourth-order valence-electron chi connectivity index (χ4n) is 2.80. The SMILES string of the molecule is CC(C)C(P)CCCc1cccc(Oc2ccc(C(C)(C)C)cc2)c1. The Morgan fingerprint density at radius 3 is 2.24 bits per heavy atom. The van der Waals surface area contributed by atoms with Crippen molar-refractivity contribution in [2.75, 3.05) is 0 Å². The molecular formula is C23H33OP. The number of rotatable bonds is 7. The Morgan fingerprint density at radius 1 is 0.960 bits per heavy atom. The molecule has 25 heavy (non-hydrogen) atoms. The van der Waals surface area contributed by atoms with Crippen LogP contribution in [0.15, 0.2) is 48.5 Å². The van der Waals surface area contributed by atoms with E-state index >= 15 is 0 Å². The summed E-state index contributed by atoms with van der Waals surface area (Å²) in [6.07, 6.45) is 3.58. The fourth-order valence-corrected chi connectivity index (χ4v) is 3.03. The number of hydrogen-bond acceptors (Lipinski definition) is 1. The highest BCUT2D eigenvalue weighted by Crippen LogP contribution is 2.27. The quantitative estimate of drug-likeness (QED) is 0.485. The van der Waals surface area contributed by atoms with Gasteiger partial charge in [0.25, 0.3) is 0 Å². The Kier molecular flexibility index (Phi) is 7.08. The first-order chi connectivity index (χ1) is 11.8. The van der Waals surface area contributed by atoms with Gasteiger partial charge in [-0.25, -0.2) is 0 Å². The Bertz CT molecular complexity index is 653. The molecule has 0 spiro atoms. The van der Waals surface area contributed by atoms with E-state index in [0.717, 1.165) is 23.8 Å². The average Bonchev–Trinajstić information content (AvgIpc) is 2.54. The van der Waals surface area contributed by atoms with Crippen molar-refractivity contribution in [1.82, 2.24) is 0 Å². The first kappa shape index (κ1) is 20.0. The number of ether oxygens (including phenoxy) is 1. The molecule has 0 N–H and O–H groups in total. The summed E-state index contributed by atoms with van der Waals surface area (Å²) in [7, 11) is 2.98. The molecule has 2 unspecified atom stereocenters. The van der Waals surface area contributed by atoms with E-state index in [4.69, 9.17) is 4.74 Å². The van der Waals surface area contributed by atoms with Gasteiger partial charge in [-0.3, -0.25) is 0 Å². The van der Waals surface area contributed by atoms with Gasteiger partial charge in [-0.15, -0.1) is 9.24 Å². The van der Waals surface area contributed by atoms with Crippen LogP contribution in [0, 0.1) is 5.92 Å². The van der Waals surface area contributed by atoms with Crippen LogP contribution in [0.5, 0.6) is 11.5 Å². The van der Waals surface area contributed by atoms with E-state index in [0.29, 0.717) is 5.66 Å². The lowest BCUT2D eigenvalue weighted by Crippen LogP contribution is -2.10. The standard InChI is InChI=1S/C23H33OP/c1-17(2)22(25)11-7-9-18-8-6-10-21(16-18)24-20-14-12-19(13-15-20)23(3,4)5/h6,8,10,12-17,22H,7,9,11,25H2,1-5H3. The van der Waals surface area contributed by atoms with Crippen LogP contribution >= 0.6 is 9.24 Å². The lowest BCUT2D eigenvalue weighted by molar-refractivity contribution is 0.480. The molecule has 1 nitrogen and oxygen atoms in total. The van der Waals surface area contributed by atoms with Crippen molar-refractivity contribution in [1.29, 1.82) is 0 Å². The number of hydrogen-bond donors (Lipinski definition) is 0. The Balaban J connectivity index is 1.95. The predicted octanol–water partition coefficient (Wildman–Crippen LogP) is 7.00. The van der Waals surface area contributed by atoms with Crippen molar-refractivity contribution in [3.63, 3.8) is 0 Å². The van der Waals surface area contributed by atoms with Crippen LogP contribution < -0.4 is 4.74 Å². The maximum atomic E-state index is 6.05. The summed E-state index contributed by atoms with van der Waals surface area (Å²) in [5.41, 5.74) is 3.56. The van der Waals surface area contributed by atoms with E-state index in [1.165, 1.54) is 24.0 Å². The third kappa shape index (κ3) is 6.48. The molecule has 0 aliphatic carbocycles. The van der Waals surface area contributed by atoms with E-state index in [9.17, 15) is 0 Å². The van der Waals surface area contributed by atoms with Crippen molar-refractivity contribution >= 4 is 9.24 Å². The molecule has 0 aromatic heterocycles. The van der Waals surface area contributed by atoms with E-state index in [-0.39, 0.29) is 5.41 Å². The van der Waals surface area contributed by atoms with Crippen LogP contribution in [0.25, 0.3) is 0 Å². The van der Waals surface area contributed by atoms with Crippen LogP contribution in [-0.4, -0.2) is 5.66 Å². The molecule has 0 heterocycles. The zero-order valence-electron chi connectivity index (χ0n) is 16.4. The molecule has 2 atom stereocenters. The molecule has 0 saturated carbocycles. The summed E-state index contributed by atoms with van der Waals surface area (Å²) in [6.45, 7) is 11.3. The topological polar surface area (TPSA) is 9.23 Å².